The van der Waals surface area contributed by atoms with Gasteiger partial charge < -0.3 is 0 Å². The van der Waals surface area contributed by atoms with Gasteiger partial charge in [-0.2, -0.15) is 5.21 Å². The molecule has 1 N–H and O–H groups in total. The van der Waals surface area contributed by atoms with Crippen molar-refractivity contribution >= 4 is 5.78 Å². The van der Waals surface area contributed by atoms with Crippen molar-refractivity contribution in [3.8, 4) is 22.6 Å². The molecule has 164 valence electrons. The molecule has 3 heterocycles. The maximum Gasteiger partial charge on any atom is 0.223 e. The zero-order valence-electron chi connectivity index (χ0n) is 18.3. The number of nitrogens with zero attached hydrogens (tertiary/aromatic N) is 7. The fourth-order valence-electron chi connectivity index (χ4n) is 3.51. The van der Waals surface area contributed by atoms with Crippen molar-refractivity contribution < 1.29 is 4.79 Å². The van der Waals surface area contributed by atoms with Crippen LogP contribution in [0.25, 0.3) is 22.6 Å². The highest BCUT2D eigenvalue weighted by Crippen LogP contribution is 2.28. The lowest BCUT2D eigenvalue weighted by Crippen LogP contribution is -2.07. The summed E-state index contributed by atoms with van der Waals surface area (Å²) in [5.74, 6) is 1.61. The Morgan fingerprint density at radius 3 is 2.66 bits per heavy atom. The van der Waals surface area contributed by atoms with E-state index in [4.69, 9.17) is 0 Å². The first-order valence-corrected chi connectivity index (χ1v) is 10.9. The maximum absolute atomic E-state index is 12.3. The average Bonchev–Trinajstić information content (AvgIpc) is 3.49. The molecule has 0 saturated carbocycles. The quantitative estimate of drug-likeness (QED) is 0.379. The molecule has 32 heavy (non-hydrogen) atoms. The largest absolute Gasteiger partial charge is 0.291 e. The van der Waals surface area contributed by atoms with Gasteiger partial charge in [0, 0.05) is 31.1 Å². The van der Waals surface area contributed by atoms with E-state index in [9.17, 15) is 4.79 Å². The number of aromatic amines is 1. The molecule has 0 aliphatic rings. The number of aryl methyl sites for hydroxylation is 1. The van der Waals surface area contributed by atoms with Crippen LogP contribution in [0.3, 0.4) is 0 Å². The molecule has 9 nitrogen and oxygen atoms in total. The number of hydrogen-bond acceptors (Lipinski definition) is 7. The Labute approximate surface area is 186 Å². The van der Waals surface area contributed by atoms with Gasteiger partial charge in [-0.05, 0) is 35.2 Å². The lowest BCUT2D eigenvalue weighted by atomic mass is 10.0. The predicted molar refractivity (Wildman–Crippen MR) is 120 cm³/mol. The minimum atomic E-state index is 0.00455. The summed E-state index contributed by atoms with van der Waals surface area (Å²) in [6.07, 6.45) is 5.64. The summed E-state index contributed by atoms with van der Waals surface area (Å²) in [4.78, 5) is 21.3. The third-order valence-electron chi connectivity index (χ3n) is 5.19. The molecular formula is C23H26N8O. The van der Waals surface area contributed by atoms with Crippen molar-refractivity contribution in [2.75, 3.05) is 0 Å². The smallest absolute Gasteiger partial charge is 0.223 e. The highest BCUT2D eigenvalue weighted by molar-refractivity contribution is 5.92. The molecule has 0 radical (unpaired) electrons. The van der Waals surface area contributed by atoms with Crippen molar-refractivity contribution in [2.45, 2.75) is 52.5 Å². The zero-order valence-corrected chi connectivity index (χ0v) is 18.3. The second-order valence-electron chi connectivity index (χ2n) is 7.61. The standard InChI is InChI=1S/C23H26N8O/c1-3-5-14-31-20(25-22(28-31)19(32)7-4-2)15-16-9-11-17(12-10-16)18-8-6-13-24-21(18)23-26-29-30-27-23/h6,8-13H,3-5,7,14-15H2,1-2H3,(H,26,27,29,30). The molecule has 0 aliphatic carbocycles. The van der Waals surface area contributed by atoms with Gasteiger partial charge >= 0.3 is 0 Å². The lowest BCUT2D eigenvalue weighted by molar-refractivity contribution is 0.0971. The summed E-state index contributed by atoms with van der Waals surface area (Å²) < 4.78 is 1.88. The van der Waals surface area contributed by atoms with Gasteiger partial charge in [-0.25, -0.2) is 9.67 Å². The summed E-state index contributed by atoms with van der Waals surface area (Å²) in [6, 6.07) is 12.1. The molecule has 0 atom stereocenters. The van der Waals surface area contributed by atoms with Gasteiger partial charge in [0.25, 0.3) is 0 Å². The molecule has 0 bridgehead atoms. The van der Waals surface area contributed by atoms with Crippen molar-refractivity contribution in [1.29, 1.82) is 0 Å². The second kappa shape index (κ2) is 10.0. The van der Waals surface area contributed by atoms with Crippen LogP contribution in [0.1, 0.15) is 61.5 Å². The number of benzene rings is 1. The van der Waals surface area contributed by atoms with E-state index < -0.39 is 0 Å². The van der Waals surface area contributed by atoms with Crippen LogP contribution in [-0.4, -0.2) is 46.2 Å². The minimum Gasteiger partial charge on any atom is -0.291 e. The molecule has 0 saturated heterocycles. The normalized spacial score (nSPS) is 11.1. The molecule has 0 unspecified atom stereocenters. The molecular weight excluding hydrogens is 404 g/mol. The molecule has 0 spiro atoms. The number of nitrogens with one attached hydrogen (secondary N) is 1. The van der Waals surface area contributed by atoms with Crippen LogP contribution in [-0.2, 0) is 13.0 Å². The van der Waals surface area contributed by atoms with Crippen molar-refractivity contribution in [3.63, 3.8) is 0 Å². The SMILES string of the molecule is CCCCn1nc(C(=O)CCC)nc1Cc1ccc(-c2cccnc2-c2nn[nH]n2)cc1. The minimum absolute atomic E-state index is 0.00455. The number of hydrogen-bond donors (Lipinski definition) is 1. The van der Waals surface area contributed by atoms with Gasteiger partial charge in [-0.1, -0.05) is 50.6 Å². The maximum atomic E-state index is 12.3. The second-order valence-corrected chi connectivity index (χ2v) is 7.61. The fourth-order valence-corrected chi connectivity index (χ4v) is 3.51. The van der Waals surface area contributed by atoms with Gasteiger partial charge in [0.2, 0.25) is 17.4 Å². The van der Waals surface area contributed by atoms with Gasteiger partial charge in [0.15, 0.2) is 0 Å². The Morgan fingerprint density at radius 2 is 1.94 bits per heavy atom. The summed E-state index contributed by atoms with van der Waals surface area (Å²) in [7, 11) is 0. The number of aromatic nitrogens is 8. The van der Waals surface area contributed by atoms with E-state index >= 15 is 0 Å². The van der Waals surface area contributed by atoms with Crippen LogP contribution in [0.4, 0.5) is 0 Å². The molecule has 1 aromatic carbocycles. The average molecular weight is 431 g/mol. The number of pyridine rings is 1. The first-order valence-electron chi connectivity index (χ1n) is 10.9. The molecule has 0 fully saturated rings. The topological polar surface area (TPSA) is 115 Å². The van der Waals surface area contributed by atoms with E-state index in [0.29, 0.717) is 30.2 Å². The Morgan fingerprint density at radius 1 is 1.09 bits per heavy atom. The molecule has 4 aromatic rings. The fraction of sp³-hybridized carbons (Fsp3) is 0.348. The summed E-state index contributed by atoms with van der Waals surface area (Å²) >= 11 is 0. The van der Waals surface area contributed by atoms with E-state index in [1.54, 1.807) is 6.20 Å². The van der Waals surface area contributed by atoms with Gasteiger partial charge in [0.1, 0.15) is 11.5 Å². The lowest BCUT2D eigenvalue weighted by Gasteiger charge is -2.08. The number of rotatable bonds is 10. The van der Waals surface area contributed by atoms with E-state index in [1.165, 1.54) is 0 Å². The zero-order chi connectivity index (χ0) is 22.3. The number of H-pyrrole nitrogens is 1. The van der Waals surface area contributed by atoms with Crippen LogP contribution in [0.15, 0.2) is 42.6 Å². The van der Waals surface area contributed by atoms with Gasteiger partial charge in [0.05, 0.1) is 0 Å². The number of tetrazole rings is 1. The van der Waals surface area contributed by atoms with E-state index in [0.717, 1.165) is 48.3 Å². The Kier molecular flexibility index (Phi) is 6.74. The third kappa shape index (κ3) is 4.77. The predicted octanol–water partition coefficient (Wildman–Crippen LogP) is 3.89. The number of carbonyl (C=O) groups excluding carboxylic acids is 1. The molecule has 0 amide bonds. The first-order chi connectivity index (χ1) is 15.7. The Bertz CT molecular complexity index is 1170. The highest BCUT2D eigenvalue weighted by atomic mass is 16.1. The van der Waals surface area contributed by atoms with Crippen LogP contribution in [0, 0.1) is 0 Å². The number of ketones is 1. The summed E-state index contributed by atoms with van der Waals surface area (Å²) in [6.45, 7) is 4.89. The summed E-state index contributed by atoms with van der Waals surface area (Å²) in [5, 5.41) is 18.7. The third-order valence-corrected chi connectivity index (χ3v) is 5.19. The van der Waals surface area contributed by atoms with Crippen LogP contribution >= 0.6 is 0 Å². The van der Waals surface area contributed by atoms with E-state index in [-0.39, 0.29) is 5.78 Å². The van der Waals surface area contributed by atoms with Crippen molar-refractivity contribution in [2.24, 2.45) is 0 Å². The Hall–Kier alpha value is -3.75. The molecule has 0 aliphatic heterocycles. The molecule has 3 aromatic heterocycles. The first kappa shape index (κ1) is 21.5. The van der Waals surface area contributed by atoms with Gasteiger partial charge in [-0.3, -0.25) is 9.78 Å². The molecule has 9 heteroatoms. The van der Waals surface area contributed by atoms with Crippen LogP contribution < -0.4 is 0 Å². The van der Waals surface area contributed by atoms with Crippen molar-refractivity contribution in [1.82, 2.24) is 40.4 Å². The number of carbonyl (C=O) groups is 1. The highest BCUT2D eigenvalue weighted by Gasteiger charge is 2.16. The van der Waals surface area contributed by atoms with Crippen molar-refractivity contribution in [3.05, 3.63) is 59.8 Å². The van der Waals surface area contributed by atoms with Crippen LogP contribution in [0.2, 0.25) is 0 Å². The van der Waals surface area contributed by atoms with E-state index in [1.807, 2.05) is 35.9 Å². The monoisotopic (exact) mass is 430 g/mol. The molecule has 4 rings (SSSR count). The van der Waals surface area contributed by atoms with Gasteiger partial charge in [-0.15, -0.1) is 15.3 Å². The van der Waals surface area contributed by atoms with Crippen LogP contribution in [0.5, 0.6) is 0 Å². The number of unbranched alkanes of at least 4 members (excludes halogenated alkanes) is 1. The summed E-state index contributed by atoms with van der Waals surface area (Å²) in [5.41, 5.74) is 3.71. The Balaban J connectivity index is 1.58. The number of Topliss-reactive ketones (excluding diaryl/α,β-unsaturated/α-hetero) is 1. The van der Waals surface area contributed by atoms with E-state index in [2.05, 4.69) is 54.7 Å².